The largest absolute Gasteiger partial charge is 0.486 e. The third-order valence-corrected chi connectivity index (χ3v) is 5.48. The maximum Gasteiger partial charge on any atom is 0.319 e. The summed E-state index contributed by atoms with van der Waals surface area (Å²) < 4.78 is 24.1. The third kappa shape index (κ3) is 3.13. The van der Waals surface area contributed by atoms with Gasteiger partial charge in [0, 0.05) is 48.4 Å². The minimum atomic E-state index is -0.224. The molecule has 2 N–H and O–H groups in total. The van der Waals surface area contributed by atoms with Crippen molar-refractivity contribution in [1.82, 2.24) is 5.32 Å². The Balaban J connectivity index is 1.14. The average molecular weight is 369 g/mol. The summed E-state index contributed by atoms with van der Waals surface area (Å²) in [5.74, 6) is 2.02. The standard InChI is InChI=1S/C20H20FN3O3/c21-12-1-4-14(5-2-12)24-10-15-16(11-24)19(15)23-20(25)22-13-3-6-17-18(9-13)27-8-7-26-17/h1-6,9,15-16,19H,7-8,10-11H2,(H2,22,23,25)/t15-,16+,19?. The fourth-order valence-corrected chi connectivity index (χ4v) is 4.04. The van der Waals surface area contributed by atoms with E-state index in [2.05, 4.69) is 15.5 Å². The maximum absolute atomic E-state index is 13.0. The first-order valence-electron chi connectivity index (χ1n) is 9.15. The number of ether oxygens (including phenoxy) is 2. The molecule has 2 amide bonds. The van der Waals surface area contributed by atoms with Gasteiger partial charge in [-0.2, -0.15) is 0 Å². The van der Waals surface area contributed by atoms with Gasteiger partial charge in [0.15, 0.2) is 11.5 Å². The number of benzene rings is 2. The molecule has 1 saturated carbocycles. The van der Waals surface area contributed by atoms with Crippen molar-refractivity contribution in [2.24, 2.45) is 11.8 Å². The SMILES string of the molecule is O=C(Nc1ccc2c(c1)OCCO2)NC1[C@H]2CN(c3ccc(F)cc3)C[C@@H]12. The van der Waals surface area contributed by atoms with Crippen molar-refractivity contribution in [1.29, 1.82) is 0 Å². The number of piperidine rings is 1. The van der Waals surface area contributed by atoms with E-state index in [1.165, 1.54) is 12.1 Å². The Labute approximate surface area is 156 Å². The predicted octanol–water partition coefficient (Wildman–Crippen LogP) is 2.85. The van der Waals surface area contributed by atoms with Gasteiger partial charge >= 0.3 is 6.03 Å². The molecule has 2 heterocycles. The van der Waals surface area contributed by atoms with Crippen molar-refractivity contribution in [2.45, 2.75) is 6.04 Å². The van der Waals surface area contributed by atoms with Crippen molar-refractivity contribution in [3.63, 3.8) is 0 Å². The van der Waals surface area contributed by atoms with Gasteiger partial charge in [-0.05, 0) is 36.4 Å². The van der Waals surface area contributed by atoms with E-state index in [-0.39, 0.29) is 17.9 Å². The Morgan fingerprint density at radius 1 is 1.00 bits per heavy atom. The van der Waals surface area contributed by atoms with Gasteiger partial charge in [0.2, 0.25) is 0 Å². The second kappa shape index (κ2) is 6.33. The highest BCUT2D eigenvalue weighted by Gasteiger charge is 2.56. The van der Waals surface area contributed by atoms with E-state index in [9.17, 15) is 9.18 Å². The molecule has 0 aromatic heterocycles. The van der Waals surface area contributed by atoms with Crippen molar-refractivity contribution in [3.8, 4) is 11.5 Å². The Kier molecular flexibility index (Phi) is 3.81. The van der Waals surface area contributed by atoms with Crippen molar-refractivity contribution in [3.05, 3.63) is 48.3 Å². The van der Waals surface area contributed by atoms with Crippen LogP contribution in [0.5, 0.6) is 11.5 Å². The van der Waals surface area contributed by atoms with E-state index in [4.69, 9.17) is 9.47 Å². The Morgan fingerprint density at radius 3 is 2.44 bits per heavy atom. The lowest BCUT2D eigenvalue weighted by molar-refractivity contribution is 0.171. The topological polar surface area (TPSA) is 62.8 Å². The number of anilines is 2. The second-order valence-electron chi connectivity index (χ2n) is 7.19. The van der Waals surface area contributed by atoms with Crippen LogP contribution in [0.15, 0.2) is 42.5 Å². The molecule has 3 aliphatic rings. The average Bonchev–Trinajstić information content (AvgIpc) is 3.11. The zero-order valence-electron chi connectivity index (χ0n) is 14.7. The molecule has 140 valence electrons. The van der Waals surface area contributed by atoms with Crippen LogP contribution in [0.4, 0.5) is 20.6 Å². The summed E-state index contributed by atoms with van der Waals surface area (Å²) in [6, 6.07) is 11.9. The molecule has 2 aliphatic heterocycles. The number of hydrogen-bond donors (Lipinski definition) is 2. The highest BCUT2D eigenvalue weighted by atomic mass is 19.1. The third-order valence-electron chi connectivity index (χ3n) is 5.48. The number of nitrogens with one attached hydrogen (secondary N) is 2. The first-order valence-corrected chi connectivity index (χ1v) is 9.15. The normalized spacial score (nSPS) is 24.9. The van der Waals surface area contributed by atoms with E-state index >= 15 is 0 Å². The number of carbonyl (C=O) groups excluding carboxylic acids is 1. The van der Waals surface area contributed by atoms with E-state index in [0.717, 1.165) is 18.8 Å². The molecule has 0 bridgehead atoms. The lowest BCUT2D eigenvalue weighted by Gasteiger charge is -2.22. The van der Waals surface area contributed by atoms with Gasteiger partial charge in [-0.15, -0.1) is 0 Å². The predicted molar refractivity (Wildman–Crippen MR) is 99.0 cm³/mol. The van der Waals surface area contributed by atoms with Gasteiger partial charge in [-0.1, -0.05) is 0 Å². The molecule has 7 heteroatoms. The van der Waals surface area contributed by atoms with Crippen LogP contribution in [0.2, 0.25) is 0 Å². The number of rotatable bonds is 3. The van der Waals surface area contributed by atoms with Gasteiger partial charge in [-0.25, -0.2) is 9.18 Å². The molecule has 0 radical (unpaired) electrons. The highest BCUT2D eigenvalue weighted by molar-refractivity contribution is 5.90. The van der Waals surface area contributed by atoms with E-state index in [0.29, 0.717) is 42.2 Å². The van der Waals surface area contributed by atoms with Gasteiger partial charge < -0.3 is 25.0 Å². The van der Waals surface area contributed by atoms with Crippen LogP contribution in [0.3, 0.4) is 0 Å². The molecule has 5 rings (SSSR count). The van der Waals surface area contributed by atoms with Crippen molar-refractivity contribution >= 4 is 17.4 Å². The van der Waals surface area contributed by atoms with E-state index < -0.39 is 0 Å². The molecule has 2 aromatic carbocycles. The summed E-state index contributed by atoms with van der Waals surface area (Å²) in [7, 11) is 0. The van der Waals surface area contributed by atoms with Crippen LogP contribution < -0.4 is 25.0 Å². The number of amides is 2. The van der Waals surface area contributed by atoms with Crippen LogP contribution in [0.1, 0.15) is 0 Å². The molecular formula is C20H20FN3O3. The summed E-state index contributed by atoms with van der Waals surface area (Å²) in [5.41, 5.74) is 1.71. The summed E-state index contributed by atoms with van der Waals surface area (Å²) in [4.78, 5) is 14.5. The maximum atomic E-state index is 13.0. The Bertz CT molecular complexity index is 861. The molecule has 27 heavy (non-hydrogen) atoms. The van der Waals surface area contributed by atoms with E-state index in [1.807, 2.05) is 0 Å². The summed E-state index contributed by atoms with van der Waals surface area (Å²) in [6.07, 6.45) is 0. The number of fused-ring (bicyclic) bond motifs is 2. The minimum Gasteiger partial charge on any atom is -0.486 e. The van der Waals surface area contributed by atoms with Crippen LogP contribution in [0.25, 0.3) is 0 Å². The van der Waals surface area contributed by atoms with Crippen LogP contribution in [-0.4, -0.2) is 38.4 Å². The summed E-state index contributed by atoms with van der Waals surface area (Å²) in [6.45, 7) is 2.81. The minimum absolute atomic E-state index is 0.193. The van der Waals surface area contributed by atoms with Crippen molar-refractivity contribution < 1.29 is 18.7 Å². The van der Waals surface area contributed by atoms with Crippen LogP contribution >= 0.6 is 0 Å². The molecule has 2 aromatic rings. The van der Waals surface area contributed by atoms with Gasteiger partial charge in [0.1, 0.15) is 19.0 Å². The molecule has 1 saturated heterocycles. The number of urea groups is 1. The van der Waals surface area contributed by atoms with Gasteiger partial charge in [-0.3, -0.25) is 0 Å². The highest BCUT2D eigenvalue weighted by Crippen LogP contribution is 2.46. The summed E-state index contributed by atoms with van der Waals surface area (Å²) >= 11 is 0. The smallest absolute Gasteiger partial charge is 0.319 e. The molecule has 0 spiro atoms. The first kappa shape index (κ1) is 16.2. The van der Waals surface area contributed by atoms with E-state index in [1.54, 1.807) is 30.3 Å². The molecule has 3 atom stereocenters. The number of carbonyl (C=O) groups is 1. The zero-order valence-corrected chi connectivity index (χ0v) is 14.7. The van der Waals surface area contributed by atoms with Crippen LogP contribution in [0, 0.1) is 17.7 Å². The van der Waals surface area contributed by atoms with Crippen molar-refractivity contribution in [2.75, 3.05) is 36.5 Å². The lowest BCUT2D eigenvalue weighted by atomic mass is 10.2. The molecule has 2 fully saturated rings. The molecular weight excluding hydrogens is 349 g/mol. The number of halogens is 1. The molecule has 6 nitrogen and oxygen atoms in total. The quantitative estimate of drug-likeness (QED) is 0.873. The fourth-order valence-electron chi connectivity index (χ4n) is 4.04. The zero-order chi connectivity index (χ0) is 18.4. The van der Waals surface area contributed by atoms with Crippen LogP contribution in [-0.2, 0) is 0 Å². The second-order valence-corrected chi connectivity index (χ2v) is 7.19. The number of hydrogen-bond acceptors (Lipinski definition) is 4. The van der Waals surface area contributed by atoms with Gasteiger partial charge in [0.25, 0.3) is 0 Å². The monoisotopic (exact) mass is 369 g/mol. The molecule has 1 aliphatic carbocycles. The first-order chi connectivity index (χ1) is 13.2. The molecule has 1 unspecified atom stereocenters. The van der Waals surface area contributed by atoms with Gasteiger partial charge in [0.05, 0.1) is 0 Å². The Morgan fingerprint density at radius 2 is 1.70 bits per heavy atom. The Hall–Kier alpha value is -2.96. The summed E-state index contributed by atoms with van der Waals surface area (Å²) in [5, 5.41) is 5.92. The number of nitrogens with zero attached hydrogens (tertiary/aromatic N) is 1. The fraction of sp³-hybridized carbons (Fsp3) is 0.350. The lowest BCUT2D eigenvalue weighted by Crippen LogP contribution is -2.37.